The molecule has 0 aromatic heterocycles. The van der Waals surface area contributed by atoms with Gasteiger partial charge in [-0.1, -0.05) is 0 Å². The molecule has 0 radical (unpaired) electrons. The molecular weight excluding hydrogens is 313 g/mol. The predicted octanol–water partition coefficient (Wildman–Crippen LogP) is 3.26. The molecule has 1 aromatic carbocycles. The molecule has 0 aliphatic rings. The summed E-state index contributed by atoms with van der Waals surface area (Å²) < 4.78 is 42.1. The summed E-state index contributed by atoms with van der Waals surface area (Å²) in [5, 5.41) is 19.8. The van der Waals surface area contributed by atoms with Gasteiger partial charge >= 0.3 is 11.5 Å². The van der Waals surface area contributed by atoms with Gasteiger partial charge in [0.2, 0.25) is 0 Å². The fraction of sp³-hybridized carbons (Fsp3) is 0.273. The highest BCUT2D eigenvalue weighted by Gasteiger charge is 2.37. The third-order valence-corrected chi connectivity index (χ3v) is 3.00. The van der Waals surface area contributed by atoms with E-state index in [1.165, 1.54) is 13.0 Å². The molecule has 0 spiro atoms. The number of halogens is 3. The number of rotatable bonds is 4. The Balaban J connectivity index is 3.57. The van der Waals surface area contributed by atoms with Gasteiger partial charge in [0, 0.05) is 0 Å². The van der Waals surface area contributed by atoms with Crippen molar-refractivity contribution in [3.8, 4) is 6.07 Å². The van der Waals surface area contributed by atoms with Crippen LogP contribution < -0.4 is 0 Å². The molecule has 0 aliphatic heterocycles. The van der Waals surface area contributed by atoms with Crippen molar-refractivity contribution < 1.29 is 27.6 Å². The Morgan fingerprint density at radius 3 is 2.57 bits per heavy atom. The summed E-state index contributed by atoms with van der Waals surface area (Å²) in [6, 6.07) is 3.24. The first-order valence-corrected chi connectivity index (χ1v) is 6.17. The summed E-state index contributed by atoms with van der Waals surface area (Å²) in [4.78, 5) is 20.5. The lowest BCUT2D eigenvalue weighted by molar-refractivity contribution is -0.388. The zero-order chi connectivity index (χ0) is 16.2. The van der Waals surface area contributed by atoms with Gasteiger partial charge in [0.1, 0.15) is 16.5 Å². The minimum absolute atomic E-state index is 0.0995. The number of thioether (sulfide) groups is 1. The number of benzene rings is 1. The summed E-state index contributed by atoms with van der Waals surface area (Å²) in [5.74, 6) is -1.13. The van der Waals surface area contributed by atoms with Crippen molar-refractivity contribution in [3.63, 3.8) is 0 Å². The van der Waals surface area contributed by atoms with E-state index in [1.807, 2.05) is 0 Å². The third kappa shape index (κ3) is 4.09. The molecule has 0 N–H and O–H groups in total. The smallest absolute Gasteiger partial charge is 0.446 e. The van der Waals surface area contributed by atoms with Crippen molar-refractivity contribution in [2.75, 3.05) is 6.61 Å². The number of esters is 1. The summed E-state index contributed by atoms with van der Waals surface area (Å²) in [5.41, 5.74) is -7.11. The fourth-order valence-corrected chi connectivity index (χ4v) is 2.17. The van der Waals surface area contributed by atoms with E-state index in [0.717, 1.165) is 12.1 Å². The van der Waals surface area contributed by atoms with Crippen molar-refractivity contribution in [1.82, 2.24) is 0 Å². The Bertz CT molecular complexity index is 625. The number of hydrogen-bond donors (Lipinski definition) is 0. The zero-order valence-electron chi connectivity index (χ0n) is 10.4. The summed E-state index contributed by atoms with van der Waals surface area (Å²) in [7, 11) is 0. The highest BCUT2D eigenvalue weighted by atomic mass is 32.2. The molecule has 1 aromatic rings. The quantitative estimate of drug-likeness (QED) is 0.366. The second-order valence-electron chi connectivity index (χ2n) is 3.48. The first kappa shape index (κ1) is 16.8. The number of nitrogens with zero attached hydrogens (tertiary/aromatic N) is 2. The van der Waals surface area contributed by atoms with E-state index in [-0.39, 0.29) is 6.61 Å². The fourth-order valence-electron chi connectivity index (χ4n) is 1.43. The van der Waals surface area contributed by atoms with Crippen LogP contribution in [0.2, 0.25) is 0 Å². The second kappa shape index (κ2) is 6.45. The van der Waals surface area contributed by atoms with E-state index in [4.69, 9.17) is 5.26 Å². The normalized spacial score (nSPS) is 10.8. The first-order valence-electron chi connectivity index (χ1n) is 5.35. The van der Waals surface area contributed by atoms with E-state index >= 15 is 0 Å². The highest BCUT2D eigenvalue weighted by Crippen LogP contribution is 2.44. The van der Waals surface area contributed by atoms with Crippen LogP contribution in [0.1, 0.15) is 22.8 Å². The molecule has 21 heavy (non-hydrogen) atoms. The van der Waals surface area contributed by atoms with Crippen molar-refractivity contribution >= 4 is 23.4 Å². The van der Waals surface area contributed by atoms with E-state index in [1.54, 1.807) is 0 Å². The lowest BCUT2D eigenvalue weighted by Crippen LogP contribution is -2.11. The lowest BCUT2D eigenvalue weighted by atomic mass is 10.1. The van der Waals surface area contributed by atoms with Crippen LogP contribution >= 0.6 is 11.8 Å². The molecule has 0 bridgehead atoms. The molecule has 10 heteroatoms. The van der Waals surface area contributed by atoms with Gasteiger partial charge in [-0.05, 0) is 30.8 Å². The van der Waals surface area contributed by atoms with E-state index in [9.17, 15) is 28.1 Å². The lowest BCUT2D eigenvalue weighted by Gasteiger charge is -2.10. The molecule has 0 aliphatic carbocycles. The largest absolute Gasteiger partial charge is 0.462 e. The molecule has 0 amide bonds. The minimum Gasteiger partial charge on any atom is -0.462 e. The summed E-state index contributed by atoms with van der Waals surface area (Å²) in [6.07, 6.45) is 0. The summed E-state index contributed by atoms with van der Waals surface area (Å²) >= 11 is -0.815. The molecule has 0 fully saturated rings. The zero-order valence-corrected chi connectivity index (χ0v) is 11.2. The predicted molar refractivity (Wildman–Crippen MR) is 65.7 cm³/mol. The number of carbonyl (C=O) groups excluding carboxylic acids is 1. The number of alkyl halides is 3. The van der Waals surface area contributed by atoms with Crippen molar-refractivity contribution in [1.29, 1.82) is 5.26 Å². The first-order chi connectivity index (χ1) is 9.71. The van der Waals surface area contributed by atoms with Gasteiger partial charge in [-0.3, -0.25) is 10.1 Å². The van der Waals surface area contributed by atoms with Gasteiger partial charge in [-0.25, -0.2) is 4.79 Å². The molecule has 0 saturated carbocycles. The third-order valence-electron chi connectivity index (χ3n) is 2.15. The maximum Gasteiger partial charge on any atom is 0.446 e. The summed E-state index contributed by atoms with van der Waals surface area (Å²) in [6.45, 7) is 1.34. The molecule has 0 heterocycles. The van der Waals surface area contributed by atoms with Crippen LogP contribution in [0, 0.1) is 21.4 Å². The van der Waals surface area contributed by atoms with Crippen LogP contribution in [0.5, 0.6) is 0 Å². The maximum atomic E-state index is 12.5. The minimum atomic E-state index is -4.84. The van der Waals surface area contributed by atoms with Gasteiger partial charge < -0.3 is 4.74 Å². The SMILES string of the molecule is CCOC(=O)c1ccc(C#N)c(SC(F)(F)F)c1[N+](=O)[O-]. The van der Waals surface area contributed by atoms with Gasteiger partial charge in [0.25, 0.3) is 5.69 Å². The van der Waals surface area contributed by atoms with Crippen molar-refractivity contribution in [2.45, 2.75) is 17.3 Å². The Hall–Kier alpha value is -2.28. The van der Waals surface area contributed by atoms with Gasteiger partial charge in [0.15, 0.2) is 0 Å². The Labute approximate surface area is 120 Å². The molecule has 1 rings (SSSR count). The molecule has 6 nitrogen and oxygen atoms in total. The van der Waals surface area contributed by atoms with Crippen molar-refractivity contribution in [2.24, 2.45) is 0 Å². The van der Waals surface area contributed by atoms with Gasteiger partial charge in [-0.2, -0.15) is 18.4 Å². The van der Waals surface area contributed by atoms with Crippen LogP contribution in [-0.2, 0) is 4.74 Å². The van der Waals surface area contributed by atoms with Crippen LogP contribution in [-0.4, -0.2) is 23.0 Å². The second-order valence-corrected chi connectivity index (χ2v) is 4.55. The highest BCUT2D eigenvalue weighted by molar-refractivity contribution is 8.00. The maximum absolute atomic E-state index is 12.5. The van der Waals surface area contributed by atoms with Gasteiger partial charge in [-0.15, -0.1) is 0 Å². The van der Waals surface area contributed by atoms with E-state index < -0.39 is 49.9 Å². The molecule has 0 saturated heterocycles. The molecule has 0 unspecified atom stereocenters. The molecule has 0 atom stereocenters. The van der Waals surface area contributed by atoms with Crippen LogP contribution in [0.15, 0.2) is 17.0 Å². The van der Waals surface area contributed by atoms with E-state index in [0.29, 0.717) is 0 Å². The Morgan fingerprint density at radius 1 is 1.52 bits per heavy atom. The number of hydrogen-bond acceptors (Lipinski definition) is 6. The average Bonchev–Trinajstić information content (AvgIpc) is 2.36. The van der Waals surface area contributed by atoms with Crippen LogP contribution in [0.3, 0.4) is 0 Å². The number of carbonyl (C=O) groups is 1. The number of nitriles is 1. The van der Waals surface area contributed by atoms with E-state index in [2.05, 4.69) is 4.74 Å². The topological polar surface area (TPSA) is 93.2 Å². The number of ether oxygens (including phenoxy) is 1. The average molecular weight is 320 g/mol. The van der Waals surface area contributed by atoms with Crippen molar-refractivity contribution in [3.05, 3.63) is 33.4 Å². The number of nitro benzene ring substituents is 1. The standard InChI is InChI=1S/C11H7F3N2O4S/c1-2-20-10(17)7-4-3-6(5-15)9(8(7)16(18)19)21-11(12,13)14/h3-4H,2H2,1H3. The van der Waals surface area contributed by atoms with Crippen LogP contribution in [0.4, 0.5) is 18.9 Å². The van der Waals surface area contributed by atoms with Crippen LogP contribution in [0.25, 0.3) is 0 Å². The van der Waals surface area contributed by atoms with Gasteiger partial charge in [0.05, 0.1) is 17.1 Å². The molecule has 112 valence electrons. The Morgan fingerprint density at radius 2 is 2.14 bits per heavy atom. The Kier molecular flexibility index (Phi) is 5.15. The number of nitro groups is 1. The molecular formula is C11H7F3N2O4S. The monoisotopic (exact) mass is 320 g/mol.